The molecule has 16 nitrogen and oxygen atoms in total. The fraction of sp³-hybridized carbons (Fsp3) is 0.479. The summed E-state index contributed by atoms with van der Waals surface area (Å²) in [6.07, 6.45) is 5.96. The molecule has 19 heteroatoms. The number of rotatable bonds is 28. The number of urea groups is 1. The number of nitrogens with one attached hydrogen (secondary N) is 8. The predicted octanol–water partition coefficient (Wildman–Crippen LogP) is 6.07. The van der Waals surface area contributed by atoms with E-state index in [0.29, 0.717) is 98.2 Å². The number of alkyl halides is 2. The summed E-state index contributed by atoms with van der Waals surface area (Å²) in [4.78, 5) is 75.5. The molecule has 6 rings (SSSR count). The highest BCUT2D eigenvalue weighted by atomic mass is 35.5. The van der Waals surface area contributed by atoms with Crippen LogP contribution in [0.4, 0.5) is 27.9 Å². The fourth-order valence-corrected chi connectivity index (χ4v) is 10.2. The lowest BCUT2D eigenvalue weighted by Gasteiger charge is -2.23. The first-order valence-electron chi connectivity index (χ1n) is 23.2. The maximum atomic E-state index is 13.5. The van der Waals surface area contributed by atoms with Crippen molar-refractivity contribution in [1.29, 1.82) is 0 Å². The van der Waals surface area contributed by atoms with E-state index in [1.807, 2.05) is 66.4 Å². The number of anilines is 4. The van der Waals surface area contributed by atoms with Crippen molar-refractivity contribution < 1.29 is 24.0 Å². The van der Waals surface area contributed by atoms with Crippen LogP contribution in [0, 0.1) is 0 Å². The number of hydrogen-bond acceptors (Lipinski definition) is 11. The van der Waals surface area contributed by atoms with Crippen LogP contribution in [0.1, 0.15) is 73.7 Å². The van der Waals surface area contributed by atoms with E-state index in [1.54, 1.807) is 25.2 Å². The minimum atomic E-state index is -0.788. The smallest absolute Gasteiger partial charge is 0.315 e. The van der Waals surface area contributed by atoms with Gasteiger partial charge in [-0.15, -0.1) is 23.2 Å². The largest absolute Gasteiger partial charge is 0.372 e. The number of nitrogens with zero attached hydrogens (tertiary/aromatic N) is 3. The maximum absolute atomic E-state index is 13.5. The van der Waals surface area contributed by atoms with Crippen molar-refractivity contribution in [2.45, 2.75) is 87.6 Å². The number of aryl methyl sites for hydroxylation is 1. The van der Waals surface area contributed by atoms with Crippen LogP contribution in [0.3, 0.4) is 0 Å². The summed E-state index contributed by atoms with van der Waals surface area (Å²) < 4.78 is 0. The molecule has 4 atom stereocenters. The van der Waals surface area contributed by atoms with E-state index in [4.69, 9.17) is 23.2 Å². The van der Waals surface area contributed by atoms with Gasteiger partial charge in [-0.1, -0.05) is 36.8 Å². The van der Waals surface area contributed by atoms with Crippen molar-refractivity contribution in [2.75, 3.05) is 72.8 Å². The van der Waals surface area contributed by atoms with Gasteiger partial charge in [-0.3, -0.25) is 19.2 Å². The third kappa shape index (κ3) is 15.8. The van der Waals surface area contributed by atoms with Crippen LogP contribution in [0.25, 0.3) is 10.9 Å². The molecule has 0 radical (unpaired) electrons. The van der Waals surface area contributed by atoms with Gasteiger partial charge in [-0.2, -0.15) is 16.7 Å². The number of hydrogen-bond donors (Lipinski definition) is 8. The Kier molecular flexibility index (Phi) is 20.3. The summed E-state index contributed by atoms with van der Waals surface area (Å²) in [5, 5.41) is 25.2. The molecule has 2 aliphatic rings. The molecule has 0 aliphatic carbocycles. The second-order valence-electron chi connectivity index (χ2n) is 16.6. The van der Waals surface area contributed by atoms with Gasteiger partial charge in [-0.25, -0.2) is 9.78 Å². The number of aromatic nitrogens is 2. The van der Waals surface area contributed by atoms with E-state index in [2.05, 4.69) is 57.4 Å². The maximum Gasteiger partial charge on any atom is 0.315 e. The van der Waals surface area contributed by atoms with Gasteiger partial charge in [0.25, 0.3) is 5.91 Å². The number of carbonyl (C=O) groups excluding carboxylic acids is 5. The molecule has 3 aromatic carbocycles. The lowest BCUT2D eigenvalue weighted by atomic mass is 10.0. The van der Waals surface area contributed by atoms with Crippen molar-refractivity contribution in [1.82, 2.24) is 41.9 Å². The summed E-state index contributed by atoms with van der Waals surface area (Å²) >= 11 is 13.8. The number of unbranched alkanes of at least 4 members (excludes halogenated alkanes) is 2. The SMILES string of the molecule is CNc1nc(Nc2cccc(C(=O)NCCCC[C@@H](NC(=O)CCCc3ccc(N(CCCl)CCCl)cc3)C(=O)NCCNC(=O)CCCC[C@H]3SC[C@H]4NC(=O)N[C@H]43)c2)nc2ccccc12. The van der Waals surface area contributed by atoms with Crippen LogP contribution in [-0.4, -0.2) is 120 Å². The first kappa shape index (κ1) is 50.9. The minimum Gasteiger partial charge on any atom is -0.372 e. The Morgan fingerprint density at radius 2 is 1.60 bits per heavy atom. The summed E-state index contributed by atoms with van der Waals surface area (Å²) in [5.74, 6) is 2.10. The van der Waals surface area contributed by atoms with E-state index >= 15 is 0 Å². The summed E-state index contributed by atoms with van der Waals surface area (Å²) in [6, 6.07) is 22.4. The van der Waals surface area contributed by atoms with Gasteiger partial charge >= 0.3 is 6.03 Å². The third-order valence-electron chi connectivity index (χ3n) is 11.8. The molecule has 67 heavy (non-hydrogen) atoms. The number of para-hydroxylation sites is 1. The first-order chi connectivity index (χ1) is 32.6. The number of carbonyl (C=O) groups is 5. The minimum absolute atomic E-state index is 0.0866. The second-order valence-corrected chi connectivity index (χ2v) is 18.7. The van der Waals surface area contributed by atoms with Crippen molar-refractivity contribution in [3.8, 4) is 0 Å². The average Bonchev–Trinajstić information content (AvgIpc) is 3.89. The highest BCUT2D eigenvalue weighted by molar-refractivity contribution is 8.00. The van der Waals surface area contributed by atoms with Gasteiger partial charge < -0.3 is 47.4 Å². The lowest BCUT2D eigenvalue weighted by Crippen LogP contribution is -2.48. The second kappa shape index (κ2) is 26.7. The van der Waals surface area contributed by atoms with Crippen molar-refractivity contribution >= 4 is 98.7 Å². The molecular formula is C48H63Cl2N11O5S. The lowest BCUT2D eigenvalue weighted by molar-refractivity contribution is -0.129. The van der Waals surface area contributed by atoms with Crippen LogP contribution >= 0.6 is 35.0 Å². The molecule has 8 N–H and O–H groups in total. The molecule has 0 saturated carbocycles. The Hall–Kier alpha value is -5.52. The average molecular weight is 977 g/mol. The zero-order valence-corrected chi connectivity index (χ0v) is 40.3. The summed E-state index contributed by atoms with van der Waals surface area (Å²) in [6.45, 7) is 2.23. The van der Waals surface area contributed by atoms with E-state index in [1.165, 1.54) is 0 Å². The number of halogens is 2. The predicted molar refractivity (Wildman–Crippen MR) is 270 cm³/mol. The van der Waals surface area contributed by atoms with E-state index < -0.39 is 6.04 Å². The standard InChI is InChI=1S/C48H63Cl2N11O5S/c1-51-44-36-13-2-3-14-37(36)57-47(60-44)55-34-12-9-11-33(30-34)45(64)53-25-7-6-15-38(56-42(63)18-8-10-32-19-21-35(22-20-32)61(28-23-49)29-24-50)46(65)54-27-26-52-41(62)17-5-4-16-40-43-39(31-67-40)58-48(66)59-43/h2-3,9,11-14,19-22,30,38-40,43H,4-8,10,15-18,23-29,31H2,1H3,(H,52,62)(H,53,64)(H,54,65)(H,56,63)(H2,58,59,66)(H2,51,55,57,60)/t38-,39-,40-,43-/m1/s1. The van der Waals surface area contributed by atoms with Crippen LogP contribution in [0.2, 0.25) is 0 Å². The normalized spacial score (nSPS) is 16.6. The van der Waals surface area contributed by atoms with E-state index in [-0.39, 0.29) is 61.3 Å². The quantitative estimate of drug-likeness (QED) is 0.0186. The highest BCUT2D eigenvalue weighted by Gasteiger charge is 2.42. The third-order valence-corrected chi connectivity index (χ3v) is 13.6. The van der Waals surface area contributed by atoms with E-state index in [0.717, 1.165) is 47.2 Å². The highest BCUT2D eigenvalue weighted by Crippen LogP contribution is 2.33. The molecule has 4 aromatic rings. The number of thioether (sulfide) groups is 1. The first-order valence-corrected chi connectivity index (χ1v) is 25.3. The van der Waals surface area contributed by atoms with Crippen molar-refractivity contribution in [3.63, 3.8) is 0 Å². The monoisotopic (exact) mass is 975 g/mol. The van der Waals surface area contributed by atoms with Gasteiger partial charge in [0.05, 0.1) is 17.6 Å². The molecule has 2 saturated heterocycles. The zero-order valence-electron chi connectivity index (χ0n) is 38.0. The van der Waals surface area contributed by atoms with Gasteiger partial charge in [-0.05, 0) is 93.0 Å². The molecule has 6 amide bonds. The van der Waals surface area contributed by atoms with Crippen LogP contribution in [0.5, 0.6) is 0 Å². The van der Waals surface area contributed by atoms with Crippen LogP contribution < -0.4 is 47.4 Å². The Labute approximate surface area is 407 Å². The number of benzene rings is 3. The Morgan fingerprint density at radius 1 is 0.821 bits per heavy atom. The fourth-order valence-electron chi connectivity index (χ4n) is 8.28. The topological polar surface area (TPSA) is 211 Å². The number of amides is 6. The van der Waals surface area contributed by atoms with Gasteiger partial charge in [0.15, 0.2) is 0 Å². The molecule has 3 heterocycles. The Balaban J connectivity index is 0.941. The summed E-state index contributed by atoms with van der Waals surface area (Å²) in [7, 11) is 1.80. The van der Waals surface area contributed by atoms with Gasteiger partial charge in [0.2, 0.25) is 23.7 Å². The molecule has 360 valence electrons. The molecule has 0 bridgehead atoms. The van der Waals surface area contributed by atoms with Crippen molar-refractivity contribution in [2.24, 2.45) is 0 Å². The van der Waals surface area contributed by atoms with Gasteiger partial charge in [0.1, 0.15) is 11.9 Å². The molecule has 0 spiro atoms. The number of fused-ring (bicyclic) bond motifs is 2. The zero-order chi connectivity index (χ0) is 47.4. The molecule has 2 aliphatic heterocycles. The summed E-state index contributed by atoms with van der Waals surface area (Å²) in [5.41, 5.74) is 4.04. The molecule has 1 aromatic heterocycles. The van der Waals surface area contributed by atoms with Crippen molar-refractivity contribution in [3.05, 3.63) is 83.9 Å². The molecule has 0 unspecified atom stereocenters. The van der Waals surface area contributed by atoms with E-state index in [9.17, 15) is 24.0 Å². The Bertz CT molecular complexity index is 2270. The van der Waals surface area contributed by atoms with Crippen LogP contribution in [0.15, 0.2) is 72.8 Å². The van der Waals surface area contributed by atoms with Crippen LogP contribution in [-0.2, 0) is 20.8 Å². The molecular weight excluding hydrogens is 914 g/mol. The Morgan fingerprint density at radius 3 is 2.39 bits per heavy atom. The molecule has 2 fully saturated rings. The van der Waals surface area contributed by atoms with Gasteiger partial charge in [0, 0.05) is 97.7 Å².